The molecule has 4 heteroatoms. The van der Waals surface area contributed by atoms with Gasteiger partial charge in [0.1, 0.15) is 5.76 Å². The first-order valence-corrected chi connectivity index (χ1v) is 5.07. The summed E-state index contributed by atoms with van der Waals surface area (Å²) in [5, 5.41) is 2.52. The molecule has 0 atom stereocenters. The van der Waals surface area contributed by atoms with Crippen molar-refractivity contribution in [3.05, 3.63) is 35.2 Å². The number of aromatic nitrogens is 1. The highest BCUT2D eigenvalue weighted by atomic mass is 32.1. The van der Waals surface area contributed by atoms with Gasteiger partial charge < -0.3 is 10.2 Å². The Balaban J connectivity index is 2.28. The molecule has 0 aromatic carbocycles. The highest BCUT2D eigenvalue weighted by Gasteiger charge is 2.01. The number of hydrogen-bond acceptors (Lipinski definition) is 4. The van der Waals surface area contributed by atoms with E-state index in [-0.39, 0.29) is 0 Å². The van der Waals surface area contributed by atoms with Crippen LogP contribution in [-0.2, 0) is 0 Å². The van der Waals surface area contributed by atoms with Crippen LogP contribution in [0.2, 0.25) is 0 Å². The van der Waals surface area contributed by atoms with Gasteiger partial charge in [0.2, 0.25) is 0 Å². The second-order valence-electron chi connectivity index (χ2n) is 2.91. The van der Waals surface area contributed by atoms with Crippen molar-refractivity contribution in [3.63, 3.8) is 0 Å². The minimum absolute atomic E-state index is 0.590. The largest absolute Gasteiger partial charge is 0.465 e. The number of nitrogens with two attached hydrogens (primary N) is 1. The van der Waals surface area contributed by atoms with Crippen molar-refractivity contribution in [1.29, 1.82) is 0 Å². The van der Waals surface area contributed by atoms with Crippen LogP contribution in [0.4, 0.5) is 5.13 Å². The molecule has 0 spiro atoms. The molecule has 0 bridgehead atoms. The summed E-state index contributed by atoms with van der Waals surface area (Å²) >= 11 is 1.44. The van der Waals surface area contributed by atoms with Gasteiger partial charge in [0, 0.05) is 5.38 Å². The number of thiazole rings is 1. The van der Waals surface area contributed by atoms with Gasteiger partial charge in [-0.25, -0.2) is 4.98 Å². The maximum absolute atomic E-state index is 5.55. The van der Waals surface area contributed by atoms with E-state index in [1.807, 2.05) is 30.5 Å². The average Bonchev–Trinajstić information content (AvgIpc) is 2.75. The van der Waals surface area contributed by atoms with Crippen molar-refractivity contribution in [1.82, 2.24) is 4.98 Å². The first-order valence-electron chi connectivity index (χ1n) is 4.19. The fraction of sp³-hybridized carbons (Fsp3) is 0.100. The monoisotopic (exact) mass is 206 g/mol. The summed E-state index contributed by atoms with van der Waals surface area (Å²) in [6, 6.07) is 3.76. The summed E-state index contributed by atoms with van der Waals surface area (Å²) in [6.45, 7) is 1.98. The number of nitrogens with zero attached hydrogens (tertiary/aromatic N) is 1. The van der Waals surface area contributed by atoms with E-state index in [1.54, 1.807) is 6.26 Å². The van der Waals surface area contributed by atoms with E-state index in [0.717, 1.165) is 17.0 Å². The van der Waals surface area contributed by atoms with Gasteiger partial charge in [-0.2, -0.15) is 0 Å². The van der Waals surface area contributed by atoms with E-state index in [4.69, 9.17) is 10.2 Å². The predicted molar refractivity (Wildman–Crippen MR) is 58.8 cm³/mol. The number of anilines is 1. The molecule has 14 heavy (non-hydrogen) atoms. The molecule has 0 radical (unpaired) electrons. The Labute approximate surface area is 85.9 Å². The van der Waals surface area contributed by atoms with Crippen LogP contribution in [0, 0.1) is 0 Å². The Morgan fingerprint density at radius 1 is 1.64 bits per heavy atom. The van der Waals surface area contributed by atoms with Crippen LogP contribution in [-0.4, -0.2) is 4.98 Å². The molecule has 0 unspecified atom stereocenters. The molecule has 2 N–H and O–H groups in total. The molecule has 2 aromatic heterocycles. The molecule has 2 rings (SSSR count). The van der Waals surface area contributed by atoms with Gasteiger partial charge in [-0.15, -0.1) is 11.3 Å². The van der Waals surface area contributed by atoms with E-state index in [9.17, 15) is 0 Å². The van der Waals surface area contributed by atoms with Gasteiger partial charge in [-0.05, 0) is 30.7 Å². The van der Waals surface area contributed by atoms with E-state index >= 15 is 0 Å². The van der Waals surface area contributed by atoms with Gasteiger partial charge in [0.05, 0.1) is 12.0 Å². The summed E-state index contributed by atoms with van der Waals surface area (Å²) in [6.07, 6.45) is 3.59. The molecule has 3 nitrogen and oxygen atoms in total. The Morgan fingerprint density at radius 2 is 2.50 bits per heavy atom. The van der Waals surface area contributed by atoms with Crippen LogP contribution >= 0.6 is 11.3 Å². The summed E-state index contributed by atoms with van der Waals surface area (Å²) in [5.74, 6) is 0.828. The first kappa shape index (κ1) is 9.02. The molecule has 2 heterocycles. The summed E-state index contributed by atoms with van der Waals surface area (Å²) in [5.41, 5.74) is 7.50. The first-order chi connectivity index (χ1) is 6.75. The van der Waals surface area contributed by atoms with Gasteiger partial charge in [-0.1, -0.05) is 0 Å². The SMILES string of the molecule is C/C(=C/c1ccco1)c1csc(N)n1. The van der Waals surface area contributed by atoms with Crippen LogP contribution in [0.3, 0.4) is 0 Å². The topological polar surface area (TPSA) is 52.0 Å². The van der Waals surface area contributed by atoms with Crippen molar-refractivity contribution in [2.75, 3.05) is 5.73 Å². The van der Waals surface area contributed by atoms with Crippen LogP contribution in [0.15, 0.2) is 28.2 Å². The second-order valence-corrected chi connectivity index (χ2v) is 3.80. The summed E-state index contributed by atoms with van der Waals surface area (Å²) < 4.78 is 5.20. The van der Waals surface area contributed by atoms with Gasteiger partial charge in [0.15, 0.2) is 5.13 Å². The number of allylic oxidation sites excluding steroid dienone is 1. The number of nitrogen functional groups attached to an aromatic ring is 1. The molecule has 0 saturated carbocycles. The molecule has 0 amide bonds. The molecule has 0 saturated heterocycles. The molecule has 0 aliphatic rings. The molecule has 2 aromatic rings. The average molecular weight is 206 g/mol. The quantitative estimate of drug-likeness (QED) is 0.822. The molecule has 72 valence electrons. The van der Waals surface area contributed by atoms with E-state index in [0.29, 0.717) is 5.13 Å². The zero-order valence-corrected chi connectivity index (χ0v) is 8.54. The van der Waals surface area contributed by atoms with E-state index < -0.39 is 0 Å². The lowest BCUT2D eigenvalue weighted by atomic mass is 10.2. The third kappa shape index (κ3) is 1.85. The summed E-state index contributed by atoms with van der Waals surface area (Å²) in [4.78, 5) is 4.18. The zero-order chi connectivity index (χ0) is 9.97. The molecular weight excluding hydrogens is 196 g/mol. The van der Waals surface area contributed by atoms with Crippen molar-refractivity contribution < 1.29 is 4.42 Å². The third-order valence-corrected chi connectivity index (χ3v) is 2.50. The number of hydrogen-bond donors (Lipinski definition) is 1. The minimum Gasteiger partial charge on any atom is -0.465 e. The second kappa shape index (κ2) is 3.67. The van der Waals surface area contributed by atoms with Crippen molar-refractivity contribution in [3.8, 4) is 0 Å². The van der Waals surface area contributed by atoms with E-state index in [1.165, 1.54) is 11.3 Å². The molecule has 0 aliphatic heterocycles. The highest BCUT2D eigenvalue weighted by Crippen LogP contribution is 2.21. The van der Waals surface area contributed by atoms with Crippen molar-refractivity contribution >= 4 is 28.1 Å². The predicted octanol–water partition coefficient (Wildman–Crippen LogP) is 2.88. The van der Waals surface area contributed by atoms with Crippen molar-refractivity contribution in [2.45, 2.75) is 6.92 Å². The number of furan rings is 1. The van der Waals surface area contributed by atoms with Gasteiger partial charge >= 0.3 is 0 Å². The zero-order valence-electron chi connectivity index (χ0n) is 7.73. The molecule has 0 fully saturated rings. The minimum atomic E-state index is 0.590. The van der Waals surface area contributed by atoms with Crippen LogP contribution < -0.4 is 5.73 Å². The van der Waals surface area contributed by atoms with Crippen LogP contribution in [0.1, 0.15) is 18.4 Å². The Bertz CT molecular complexity index is 442. The van der Waals surface area contributed by atoms with Crippen molar-refractivity contribution in [2.24, 2.45) is 0 Å². The van der Waals surface area contributed by atoms with E-state index in [2.05, 4.69) is 4.98 Å². The fourth-order valence-corrected chi connectivity index (χ4v) is 1.75. The third-order valence-electron chi connectivity index (χ3n) is 1.83. The van der Waals surface area contributed by atoms with Crippen LogP contribution in [0.5, 0.6) is 0 Å². The van der Waals surface area contributed by atoms with Gasteiger partial charge in [0.25, 0.3) is 0 Å². The maximum Gasteiger partial charge on any atom is 0.180 e. The standard InChI is InChI=1S/C10H10N2OS/c1-7(5-8-3-2-4-13-8)9-6-14-10(11)12-9/h2-6H,1H3,(H2,11,12)/b7-5-. The lowest BCUT2D eigenvalue weighted by molar-refractivity contribution is 0.557. The molecule has 0 aliphatic carbocycles. The normalized spacial score (nSPS) is 11.9. The lowest BCUT2D eigenvalue weighted by Crippen LogP contribution is -1.84. The van der Waals surface area contributed by atoms with Gasteiger partial charge in [-0.3, -0.25) is 0 Å². The number of rotatable bonds is 2. The lowest BCUT2D eigenvalue weighted by Gasteiger charge is -1.93. The Hall–Kier alpha value is -1.55. The Morgan fingerprint density at radius 3 is 3.07 bits per heavy atom. The molecular formula is C10H10N2OS. The maximum atomic E-state index is 5.55. The fourth-order valence-electron chi connectivity index (χ4n) is 1.13. The summed E-state index contributed by atoms with van der Waals surface area (Å²) in [7, 11) is 0. The Kier molecular flexibility index (Phi) is 2.37. The smallest absolute Gasteiger partial charge is 0.180 e. The van der Waals surface area contributed by atoms with Crippen LogP contribution in [0.25, 0.3) is 11.6 Å². The highest BCUT2D eigenvalue weighted by molar-refractivity contribution is 7.13.